The van der Waals surface area contributed by atoms with Crippen molar-refractivity contribution in [3.05, 3.63) is 94.7 Å². The molecule has 4 aromatic rings. The Morgan fingerprint density at radius 1 is 0.860 bits per heavy atom. The minimum Gasteiger partial charge on any atom is -0.372 e. The molecular formula is C29H27F3N6O4S. The van der Waals surface area contributed by atoms with Crippen LogP contribution in [0, 0.1) is 13.8 Å². The number of rotatable bonds is 8. The molecule has 0 spiro atoms. The van der Waals surface area contributed by atoms with Gasteiger partial charge in [0, 0.05) is 42.1 Å². The number of anilines is 5. The highest BCUT2D eigenvalue weighted by Crippen LogP contribution is 2.30. The van der Waals surface area contributed by atoms with Crippen molar-refractivity contribution >= 4 is 50.5 Å². The predicted octanol–water partition coefficient (Wildman–Crippen LogP) is 5.81. The first-order chi connectivity index (χ1) is 20.2. The Kier molecular flexibility index (Phi) is 8.71. The van der Waals surface area contributed by atoms with Gasteiger partial charge >= 0.3 is 6.18 Å². The van der Waals surface area contributed by atoms with Crippen LogP contribution in [0.1, 0.15) is 37.4 Å². The van der Waals surface area contributed by atoms with Crippen molar-refractivity contribution < 1.29 is 31.2 Å². The summed E-state index contributed by atoms with van der Waals surface area (Å²) in [6, 6.07) is 13.5. The van der Waals surface area contributed by atoms with Gasteiger partial charge < -0.3 is 21.3 Å². The SMILES string of the molecule is CNc1nc(Nc2ccc(C)c(S(C)(=O)=O)c2)ncc1C(=O)Nc1cc(NC(=O)c2cccc(C(F)(F)F)c2)ccc1C. The molecule has 0 aliphatic rings. The van der Waals surface area contributed by atoms with Crippen LogP contribution in [0.2, 0.25) is 0 Å². The molecule has 0 unspecified atom stereocenters. The number of nitrogens with one attached hydrogen (secondary N) is 4. The fraction of sp³-hybridized carbons (Fsp3) is 0.172. The molecule has 2 amide bonds. The molecule has 0 radical (unpaired) electrons. The van der Waals surface area contributed by atoms with Crippen LogP contribution in [-0.4, -0.2) is 43.5 Å². The lowest BCUT2D eigenvalue weighted by molar-refractivity contribution is -0.137. The molecule has 0 saturated carbocycles. The van der Waals surface area contributed by atoms with E-state index in [-0.39, 0.29) is 33.5 Å². The molecule has 43 heavy (non-hydrogen) atoms. The van der Waals surface area contributed by atoms with E-state index in [1.165, 1.54) is 24.4 Å². The molecule has 0 aliphatic carbocycles. The molecule has 4 N–H and O–H groups in total. The van der Waals surface area contributed by atoms with Crippen molar-refractivity contribution in [1.29, 1.82) is 0 Å². The van der Waals surface area contributed by atoms with Gasteiger partial charge in [0.05, 0.1) is 10.5 Å². The van der Waals surface area contributed by atoms with Gasteiger partial charge in [-0.05, 0) is 67.4 Å². The molecule has 10 nitrogen and oxygen atoms in total. The Morgan fingerprint density at radius 2 is 1.56 bits per heavy atom. The lowest BCUT2D eigenvalue weighted by Gasteiger charge is -2.14. The molecule has 14 heteroatoms. The second kappa shape index (κ2) is 12.1. The molecule has 4 rings (SSSR count). The number of nitrogens with zero attached hydrogens (tertiary/aromatic N) is 2. The maximum Gasteiger partial charge on any atom is 0.416 e. The van der Waals surface area contributed by atoms with Gasteiger partial charge in [0.25, 0.3) is 11.8 Å². The summed E-state index contributed by atoms with van der Waals surface area (Å²) in [6.45, 7) is 3.41. The molecule has 1 aromatic heterocycles. The molecule has 0 fully saturated rings. The third-order valence-corrected chi connectivity index (χ3v) is 7.55. The highest BCUT2D eigenvalue weighted by atomic mass is 32.2. The number of aromatic nitrogens is 2. The van der Waals surface area contributed by atoms with Crippen LogP contribution >= 0.6 is 0 Å². The van der Waals surface area contributed by atoms with Crippen LogP contribution in [0.5, 0.6) is 0 Å². The normalized spacial score (nSPS) is 11.5. The minimum absolute atomic E-state index is 0.0894. The Morgan fingerprint density at radius 3 is 2.23 bits per heavy atom. The Balaban J connectivity index is 1.51. The van der Waals surface area contributed by atoms with Crippen LogP contribution < -0.4 is 21.3 Å². The lowest BCUT2D eigenvalue weighted by atomic mass is 10.1. The van der Waals surface area contributed by atoms with Crippen LogP contribution in [0.3, 0.4) is 0 Å². The fourth-order valence-corrected chi connectivity index (χ4v) is 5.06. The zero-order valence-corrected chi connectivity index (χ0v) is 24.2. The first-order valence-corrected chi connectivity index (χ1v) is 14.6. The summed E-state index contributed by atoms with van der Waals surface area (Å²) in [5.41, 5.74) is 1.23. The number of benzene rings is 3. The smallest absolute Gasteiger partial charge is 0.372 e. The standard InChI is InChI=1S/C29H27F3N6O4S/c1-16-8-10-20(35-26(39)18-6-5-7-19(12-18)29(30,31)32)13-23(16)37-27(40)22-15-34-28(38-25(22)33-3)36-21-11-9-17(2)24(14-21)43(4,41)42/h5-15H,1-4H3,(H,35,39)(H,37,40)(H2,33,34,36,38). The topological polar surface area (TPSA) is 142 Å². The number of alkyl halides is 3. The average Bonchev–Trinajstić information content (AvgIpc) is 2.94. The lowest BCUT2D eigenvalue weighted by Crippen LogP contribution is -2.17. The Hall–Kier alpha value is -4.98. The fourth-order valence-electron chi connectivity index (χ4n) is 4.07. The number of carbonyl (C=O) groups excluding carboxylic acids is 2. The van der Waals surface area contributed by atoms with E-state index < -0.39 is 33.4 Å². The van der Waals surface area contributed by atoms with Crippen molar-refractivity contribution in [3.63, 3.8) is 0 Å². The van der Waals surface area contributed by atoms with Gasteiger partial charge in [-0.15, -0.1) is 0 Å². The summed E-state index contributed by atoms with van der Waals surface area (Å²) in [7, 11) is -1.89. The van der Waals surface area contributed by atoms with Gasteiger partial charge in [-0.1, -0.05) is 18.2 Å². The summed E-state index contributed by atoms with van der Waals surface area (Å²) in [4.78, 5) is 34.5. The van der Waals surface area contributed by atoms with Crippen LogP contribution in [0.25, 0.3) is 0 Å². The third kappa shape index (κ3) is 7.46. The number of aryl methyl sites for hydroxylation is 2. The van der Waals surface area contributed by atoms with Gasteiger partial charge in [-0.2, -0.15) is 18.2 Å². The Labute approximate surface area is 245 Å². The molecule has 3 aromatic carbocycles. The number of amides is 2. The molecule has 224 valence electrons. The van der Waals surface area contributed by atoms with Crippen molar-refractivity contribution in [3.8, 4) is 0 Å². The van der Waals surface area contributed by atoms with E-state index in [1.54, 1.807) is 45.2 Å². The average molecular weight is 613 g/mol. The maximum absolute atomic E-state index is 13.2. The van der Waals surface area contributed by atoms with Crippen molar-refractivity contribution in [1.82, 2.24) is 9.97 Å². The van der Waals surface area contributed by atoms with E-state index in [4.69, 9.17) is 0 Å². The summed E-state index contributed by atoms with van der Waals surface area (Å²) in [6.07, 6.45) is -2.19. The number of hydrogen-bond acceptors (Lipinski definition) is 8. The third-order valence-electron chi connectivity index (χ3n) is 6.31. The van der Waals surface area contributed by atoms with E-state index in [1.807, 2.05) is 0 Å². The second-order valence-corrected chi connectivity index (χ2v) is 11.6. The van der Waals surface area contributed by atoms with Gasteiger partial charge in [0.15, 0.2) is 9.84 Å². The largest absolute Gasteiger partial charge is 0.416 e. The van der Waals surface area contributed by atoms with Crippen LogP contribution in [-0.2, 0) is 16.0 Å². The monoisotopic (exact) mass is 612 g/mol. The summed E-state index contributed by atoms with van der Waals surface area (Å²) < 4.78 is 63.3. The van der Waals surface area contributed by atoms with Gasteiger partial charge in [-0.25, -0.2) is 13.4 Å². The van der Waals surface area contributed by atoms with Crippen LogP contribution in [0.15, 0.2) is 71.8 Å². The van der Waals surface area contributed by atoms with Gasteiger partial charge in [0.1, 0.15) is 11.4 Å². The molecule has 1 heterocycles. The quantitative estimate of drug-likeness (QED) is 0.195. The zero-order valence-electron chi connectivity index (χ0n) is 23.4. The molecule has 0 aliphatic heterocycles. The van der Waals surface area contributed by atoms with Gasteiger partial charge in [-0.3, -0.25) is 9.59 Å². The van der Waals surface area contributed by atoms with Crippen LogP contribution in [0.4, 0.5) is 42.0 Å². The van der Waals surface area contributed by atoms with Crippen molar-refractivity contribution in [2.24, 2.45) is 0 Å². The van der Waals surface area contributed by atoms with E-state index in [9.17, 15) is 31.2 Å². The highest BCUT2D eigenvalue weighted by Gasteiger charge is 2.31. The molecule has 0 bridgehead atoms. The number of carbonyl (C=O) groups is 2. The Bertz CT molecular complexity index is 1830. The first-order valence-electron chi connectivity index (χ1n) is 12.7. The van der Waals surface area contributed by atoms with Crippen molar-refractivity contribution in [2.75, 3.05) is 34.6 Å². The number of halogens is 3. The highest BCUT2D eigenvalue weighted by molar-refractivity contribution is 7.90. The minimum atomic E-state index is -4.59. The van der Waals surface area contributed by atoms with E-state index >= 15 is 0 Å². The molecule has 0 saturated heterocycles. The first kappa shape index (κ1) is 31.0. The molecule has 0 atom stereocenters. The summed E-state index contributed by atoms with van der Waals surface area (Å²) in [5, 5.41) is 11.1. The molecular weight excluding hydrogens is 585 g/mol. The second-order valence-electron chi connectivity index (χ2n) is 9.60. The maximum atomic E-state index is 13.2. The van der Waals surface area contributed by atoms with E-state index in [0.717, 1.165) is 24.5 Å². The summed E-state index contributed by atoms with van der Waals surface area (Å²) in [5.74, 6) is -1.04. The van der Waals surface area contributed by atoms with E-state index in [0.29, 0.717) is 22.5 Å². The van der Waals surface area contributed by atoms with E-state index in [2.05, 4.69) is 31.2 Å². The summed E-state index contributed by atoms with van der Waals surface area (Å²) >= 11 is 0. The van der Waals surface area contributed by atoms with Crippen molar-refractivity contribution in [2.45, 2.75) is 24.9 Å². The van der Waals surface area contributed by atoms with Gasteiger partial charge in [0.2, 0.25) is 5.95 Å². The zero-order chi connectivity index (χ0) is 31.5. The number of hydrogen-bond donors (Lipinski definition) is 4. The predicted molar refractivity (Wildman–Crippen MR) is 158 cm³/mol. The number of sulfone groups is 1.